The third-order valence-corrected chi connectivity index (χ3v) is 11.9. The van der Waals surface area contributed by atoms with E-state index >= 15 is 0 Å². The number of fused-ring (bicyclic) bond motifs is 4. The third-order valence-electron chi connectivity index (χ3n) is 11.9. The summed E-state index contributed by atoms with van der Waals surface area (Å²) in [5.41, 5.74) is 14.8. The lowest BCUT2D eigenvalue weighted by Gasteiger charge is -2.18. The second kappa shape index (κ2) is 14.2. The van der Waals surface area contributed by atoms with Crippen LogP contribution in [0.2, 0.25) is 0 Å². The van der Waals surface area contributed by atoms with Crippen LogP contribution in [0.15, 0.2) is 231 Å². The molecule has 0 atom stereocenters. The van der Waals surface area contributed by atoms with Gasteiger partial charge >= 0.3 is 0 Å². The minimum atomic E-state index is 1.21. The Hall–Kier alpha value is -7.54. The van der Waals surface area contributed by atoms with Crippen LogP contribution in [0.25, 0.3) is 110 Å². The summed E-state index contributed by atoms with van der Waals surface area (Å²) in [5, 5.41) is 10.1. The van der Waals surface area contributed by atoms with Crippen molar-refractivity contribution in [3.05, 3.63) is 231 Å². The second-order valence-electron chi connectivity index (χ2n) is 15.2. The predicted molar refractivity (Wildman–Crippen MR) is 249 cm³/mol. The highest BCUT2D eigenvalue weighted by molar-refractivity contribution is 6.21. The predicted octanol–water partition coefficient (Wildman–Crippen LogP) is 16.3. The summed E-state index contributed by atoms with van der Waals surface area (Å²) in [6.07, 6.45) is 0. The maximum absolute atomic E-state index is 2.31. The van der Waals surface area contributed by atoms with Crippen LogP contribution in [0.5, 0.6) is 0 Å². The molecule has 0 radical (unpaired) electrons. The van der Waals surface area contributed by atoms with Crippen LogP contribution in [-0.4, -0.2) is 0 Å². The van der Waals surface area contributed by atoms with Gasteiger partial charge in [0.1, 0.15) is 0 Å². The maximum Gasteiger partial charge on any atom is -0.00264 e. The van der Waals surface area contributed by atoms with Crippen molar-refractivity contribution in [1.82, 2.24) is 0 Å². The quantitative estimate of drug-likeness (QED) is 0.149. The van der Waals surface area contributed by atoms with E-state index in [4.69, 9.17) is 0 Å². The summed E-state index contributed by atoms with van der Waals surface area (Å²) >= 11 is 0. The molecule has 11 aromatic carbocycles. The summed E-state index contributed by atoms with van der Waals surface area (Å²) in [6, 6.07) is 84.4. The molecule has 0 N–H and O–H groups in total. The molecule has 0 bridgehead atoms. The standard InChI is InChI=1S/C58H38/c1-2-14-45(15-3-1)56-50-17-7-6-13-43(50)36-37-51(56)44-29-33-47(34-30-44)58-54-20-10-8-18-52(54)57(53-19-9-11-21-55(53)58)46-31-26-41(27-32-46)40-22-24-42(25-23-40)49-35-28-39-12-4-5-16-48(39)38-49/h1-38H. The molecule has 0 unspecified atom stereocenters. The average molecular weight is 735 g/mol. The van der Waals surface area contributed by atoms with Gasteiger partial charge in [0.05, 0.1) is 0 Å². The Balaban J connectivity index is 0.971. The number of hydrogen-bond donors (Lipinski definition) is 0. The van der Waals surface area contributed by atoms with Crippen molar-refractivity contribution in [2.75, 3.05) is 0 Å². The normalized spacial score (nSPS) is 11.4. The molecule has 11 rings (SSSR count). The van der Waals surface area contributed by atoms with Crippen LogP contribution in [0.1, 0.15) is 0 Å². The van der Waals surface area contributed by atoms with Gasteiger partial charge in [-0.15, -0.1) is 0 Å². The van der Waals surface area contributed by atoms with Gasteiger partial charge in [-0.1, -0.05) is 224 Å². The van der Waals surface area contributed by atoms with Crippen molar-refractivity contribution in [2.45, 2.75) is 0 Å². The maximum atomic E-state index is 2.31. The van der Waals surface area contributed by atoms with Crippen molar-refractivity contribution in [2.24, 2.45) is 0 Å². The summed E-state index contributed by atoms with van der Waals surface area (Å²) < 4.78 is 0. The van der Waals surface area contributed by atoms with Gasteiger partial charge in [0, 0.05) is 0 Å². The minimum absolute atomic E-state index is 1.21. The molecule has 0 heteroatoms. The summed E-state index contributed by atoms with van der Waals surface area (Å²) in [4.78, 5) is 0. The fourth-order valence-corrected chi connectivity index (χ4v) is 9.05. The first kappa shape index (κ1) is 33.8. The van der Waals surface area contributed by atoms with E-state index in [1.165, 1.54) is 110 Å². The molecule has 0 fully saturated rings. The van der Waals surface area contributed by atoms with Gasteiger partial charge in [-0.25, -0.2) is 0 Å². The number of benzene rings is 11. The first-order chi connectivity index (χ1) is 28.8. The van der Waals surface area contributed by atoms with Gasteiger partial charge in [0.2, 0.25) is 0 Å². The summed E-state index contributed by atoms with van der Waals surface area (Å²) in [5.74, 6) is 0. The molecule has 0 amide bonds. The Morgan fingerprint density at radius 2 is 0.534 bits per heavy atom. The molecule has 0 aliphatic carbocycles. The zero-order valence-corrected chi connectivity index (χ0v) is 31.9. The van der Waals surface area contributed by atoms with E-state index < -0.39 is 0 Å². The zero-order chi connectivity index (χ0) is 38.4. The first-order valence-corrected chi connectivity index (χ1v) is 20.1. The highest BCUT2D eigenvalue weighted by Crippen LogP contribution is 2.45. The zero-order valence-electron chi connectivity index (χ0n) is 31.9. The van der Waals surface area contributed by atoms with Crippen LogP contribution < -0.4 is 0 Å². The summed E-state index contributed by atoms with van der Waals surface area (Å²) in [6.45, 7) is 0. The molecule has 270 valence electrons. The second-order valence-corrected chi connectivity index (χ2v) is 15.2. The van der Waals surface area contributed by atoms with Crippen LogP contribution in [0.3, 0.4) is 0 Å². The Bertz CT molecular complexity index is 3220. The molecule has 0 aliphatic heterocycles. The lowest BCUT2D eigenvalue weighted by Crippen LogP contribution is -1.91. The summed E-state index contributed by atoms with van der Waals surface area (Å²) in [7, 11) is 0. The molecule has 0 saturated heterocycles. The highest BCUT2D eigenvalue weighted by atomic mass is 14.2. The van der Waals surface area contributed by atoms with Gasteiger partial charge in [-0.3, -0.25) is 0 Å². The third kappa shape index (κ3) is 5.86. The number of rotatable bonds is 6. The van der Waals surface area contributed by atoms with E-state index in [0.29, 0.717) is 0 Å². The molecule has 11 aromatic rings. The van der Waals surface area contributed by atoms with Crippen LogP contribution in [-0.2, 0) is 0 Å². The molecule has 58 heavy (non-hydrogen) atoms. The van der Waals surface area contributed by atoms with Crippen molar-refractivity contribution < 1.29 is 0 Å². The van der Waals surface area contributed by atoms with E-state index in [-0.39, 0.29) is 0 Å². The fraction of sp³-hybridized carbons (Fsp3) is 0. The van der Waals surface area contributed by atoms with Crippen LogP contribution in [0.4, 0.5) is 0 Å². The van der Waals surface area contributed by atoms with E-state index in [0.717, 1.165) is 0 Å². The minimum Gasteiger partial charge on any atom is -0.0622 e. The highest BCUT2D eigenvalue weighted by Gasteiger charge is 2.18. The van der Waals surface area contributed by atoms with E-state index in [2.05, 4.69) is 231 Å². The van der Waals surface area contributed by atoms with Gasteiger partial charge in [0.15, 0.2) is 0 Å². The van der Waals surface area contributed by atoms with Crippen molar-refractivity contribution in [3.63, 3.8) is 0 Å². The van der Waals surface area contributed by atoms with Crippen LogP contribution >= 0.6 is 0 Å². The molecule has 0 aliphatic rings. The van der Waals surface area contributed by atoms with Gasteiger partial charge < -0.3 is 0 Å². The Kier molecular flexibility index (Phi) is 8.26. The fourth-order valence-electron chi connectivity index (χ4n) is 9.05. The molecule has 0 heterocycles. The molecule has 0 saturated carbocycles. The van der Waals surface area contributed by atoms with E-state index in [1.54, 1.807) is 0 Å². The molecular formula is C58H38. The monoisotopic (exact) mass is 734 g/mol. The molecular weight excluding hydrogens is 697 g/mol. The smallest absolute Gasteiger partial charge is 0.00264 e. The molecule has 0 nitrogen and oxygen atoms in total. The lowest BCUT2D eigenvalue weighted by atomic mass is 9.85. The topological polar surface area (TPSA) is 0 Å². The largest absolute Gasteiger partial charge is 0.0622 e. The Morgan fingerprint density at radius 1 is 0.172 bits per heavy atom. The van der Waals surface area contributed by atoms with E-state index in [9.17, 15) is 0 Å². The first-order valence-electron chi connectivity index (χ1n) is 20.1. The van der Waals surface area contributed by atoms with Gasteiger partial charge in [0.25, 0.3) is 0 Å². The average Bonchev–Trinajstić information content (AvgIpc) is 3.30. The van der Waals surface area contributed by atoms with Crippen molar-refractivity contribution in [3.8, 4) is 66.8 Å². The van der Waals surface area contributed by atoms with Crippen LogP contribution in [0, 0.1) is 0 Å². The van der Waals surface area contributed by atoms with Gasteiger partial charge in [-0.05, 0) is 116 Å². The SMILES string of the molecule is c1ccc(-c2c(-c3ccc(-c4c5ccccc5c(-c5ccc(-c6ccc(-c7ccc8ccccc8c7)cc6)cc5)c5ccccc45)cc3)ccc3ccccc23)cc1. The Labute approximate surface area is 339 Å². The van der Waals surface area contributed by atoms with Gasteiger partial charge in [-0.2, -0.15) is 0 Å². The van der Waals surface area contributed by atoms with Crippen molar-refractivity contribution >= 4 is 43.1 Å². The molecule has 0 spiro atoms. The lowest BCUT2D eigenvalue weighted by molar-refractivity contribution is 1.59. The number of hydrogen-bond acceptors (Lipinski definition) is 0. The molecule has 0 aromatic heterocycles. The Morgan fingerprint density at radius 3 is 1.09 bits per heavy atom. The van der Waals surface area contributed by atoms with E-state index in [1.807, 2.05) is 0 Å². The van der Waals surface area contributed by atoms with Crippen molar-refractivity contribution in [1.29, 1.82) is 0 Å².